The van der Waals surface area contributed by atoms with Crippen LogP contribution >= 0.6 is 15.9 Å². The Balaban J connectivity index is 2.22. The van der Waals surface area contributed by atoms with Gasteiger partial charge in [-0.1, -0.05) is 61.0 Å². The number of alkyl halides is 1. The lowest BCUT2D eigenvalue weighted by Crippen LogP contribution is -2.12. The Kier molecular flexibility index (Phi) is 2.94. The number of furan rings is 1. The van der Waals surface area contributed by atoms with Crippen LogP contribution in [0.4, 0.5) is 0 Å². The minimum Gasteiger partial charge on any atom is -0.456 e. The molecule has 19 heavy (non-hydrogen) atoms. The summed E-state index contributed by atoms with van der Waals surface area (Å²) in [6, 6.07) is 14.7. The van der Waals surface area contributed by atoms with Crippen LogP contribution in [0.2, 0.25) is 0 Å². The quantitative estimate of drug-likeness (QED) is 0.497. The number of hydrogen-bond acceptors (Lipinski definition) is 1. The number of hydrogen-bond donors (Lipinski definition) is 0. The smallest absolute Gasteiger partial charge is 0.135 e. The molecule has 0 amide bonds. The molecule has 0 saturated carbocycles. The zero-order chi connectivity index (χ0) is 13.6. The van der Waals surface area contributed by atoms with Gasteiger partial charge in [0.15, 0.2) is 0 Å². The highest BCUT2D eigenvalue weighted by molar-refractivity contribution is 9.09. The number of halogens is 1. The third-order valence-electron chi connectivity index (χ3n) is 3.45. The summed E-state index contributed by atoms with van der Waals surface area (Å²) in [5, 5.41) is 2.38. The van der Waals surface area contributed by atoms with E-state index in [4.69, 9.17) is 4.42 Å². The minimum atomic E-state index is 0.188. The van der Waals surface area contributed by atoms with Crippen molar-refractivity contribution >= 4 is 37.9 Å². The van der Waals surface area contributed by atoms with Gasteiger partial charge in [-0.3, -0.25) is 0 Å². The maximum Gasteiger partial charge on any atom is 0.135 e. The van der Waals surface area contributed by atoms with Crippen LogP contribution in [0.3, 0.4) is 0 Å². The topological polar surface area (TPSA) is 13.1 Å². The summed E-state index contributed by atoms with van der Waals surface area (Å²) >= 11 is 3.81. The summed E-state index contributed by atoms with van der Waals surface area (Å²) in [7, 11) is 0. The average Bonchev–Trinajstić information content (AvgIpc) is 2.74. The molecule has 0 radical (unpaired) electrons. The van der Waals surface area contributed by atoms with E-state index in [9.17, 15) is 0 Å². The second-order valence-electron chi connectivity index (χ2n) is 6.08. The van der Waals surface area contributed by atoms with Crippen molar-refractivity contribution in [3.63, 3.8) is 0 Å². The molecule has 1 atom stereocenters. The van der Waals surface area contributed by atoms with Crippen molar-refractivity contribution in [2.75, 3.05) is 0 Å². The minimum absolute atomic E-state index is 0.188. The van der Waals surface area contributed by atoms with E-state index in [1.165, 1.54) is 16.3 Å². The van der Waals surface area contributed by atoms with Gasteiger partial charge in [-0.05, 0) is 29.2 Å². The van der Waals surface area contributed by atoms with E-state index in [0.717, 1.165) is 11.2 Å². The van der Waals surface area contributed by atoms with Gasteiger partial charge in [0.2, 0.25) is 0 Å². The fourth-order valence-electron chi connectivity index (χ4n) is 2.40. The highest BCUT2D eigenvalue weighted by Crippen LogP contribution is 2.41. The molecule has 2 heteroatoms. The van der Waals surface area contributed by atoms with E-state index < -0.39 is 0 Å². The van der Waals surface area contributed by atoms with E-state index in [1.807, 2.05) is 12.1 Å². The van der Waals surface area contributed by atoms with Crippen LogP contribution in [0.15, 0.2) is 46.9 Å². The van der Waals surface area contributed by atoms with Gasteiger partial charge in [0.25, 0.3) is 0 Å². The first-order chi connectivity index (χ1) is 8.97. The Morgan fingerprint density at radius 1 is 0.947 bits per heavy atom. The monoisotopic (exact) mass is 316 g/mol. The van der Waals surface area contributed by atoms with E-state index in [1.54, 1.807) is 0 Å². The maximum absolute atomic E-state index is 5.86. The molecular weight excluding hydrogens is 300 g/mol. The molecule has 0 aliphatic carbocycles. The van der Waals surface area contributed by atoms with Gasteiger partial charge < -0.3 is 4.42 Å². The molecule has 1 heterocycles. The first-order valence-corrected chi connectivity index (χ1v) is 7.43. The first-order valence-electron chi connectivity index (χ1n) is 6.52. The molecule has 1 aromatic heterocycles. The maximum atomic E-state index is 5.86. The zero-order valence-electron chi connectivity index (χ0n) is 11.4. The summed E-state index contributed by atoms with van der Waals surface area (Å²) < 4.78 is 5.86. The first kappa shape index (κ1) is 12.7. The molecule has 1 unspecified atom stereocenters. The van der Waals surface area contributed by atoms with Crippen molar-refractivity contribution in [2.24, 2.45) is 5.41 Å². The summed E-state index contributed by atoms with van der Waals surface area (Å²) in [6.07, 6.45) is 0. The molecular formula is C17H17BrO. The fourth-order valence-corrected chi connectivity index (χ4v) is 2.69. The largest absolute Gasteiger partial charge is 0.456 e. The van der Waals surface area contributed by atoms with E-state index >= 15 is 0 Å². The Hall–Kier alpha value is -1.28. The highest BCUT2D eigenvalue weighted by atomic mass is 79.9. The van der Waals surface area contributed by atoms with Crippen LogP contribution in [-0.2, 0) is 0 Å². The molecule has 0 bridgehead atoms. The third-order valence-corrected chi connectivity index (χ3v) is 5.36. The van der Waals surface area contributed by atoms with E-state index in [0.29, 0.717) is 4.83 Å². The van der Waals surface area contributed by atoms with Gasteiger partial charge in [0.05, 0.1) is 0 Å². The van der Waals surface area contributed by atoms with Crippen LogP contribution in [0, 0.1) is 5.41 Å². The lowest BCUT2D eigenvalue weighted by molar-refractivity contribution is 0.407. The van der Waals surface area contributed by atoms with Crippen molar-refractivity contribution in [3.05, 3.63) is 48.0 Å². The Labute approximate surface area is 121 Å². The Morgan fingerprint density at radius 2 is 1.63 bits per heavy atom. The van der Waals surface area contributed by atoms with Gasteiger partial charge in [-0.15, -0.1) is 0 Å². The number of rotatable bonds is 1. The average molecular weight is 317 g/mol. The zero-order valence-corrected chi connectivity index (χ0v) is 13.0. The number of benzene rings is 2. The molecule has 0 spiro atoms. The predicted molar refractivity (Wildman–Crippen MR) is 84.8 cm³/mol. The van der Waals surface area contributed by atoms with Crippen LogP contribution in [0.5, 0.6) is 0 Å². The highest BCUT2D eigenvalue weighted by Gasteiger charge is 2.24. The molecule has 0 fully saturated rings. The lowest BCUT2D eigenvalue weighted by atomic mass is 9.87. The van der Waals surface area contributed by atoms with Gasteiger partial charge in [-0.2, -0.15) is 0 Å². The molecule has 0 aliphatic rings. The summed E-state index contributed by atoms with van der Waals surface area (Å²) in [4.78, 5) is 0.332. The van der Waals surface area contributed by atoms with Crippen LogP contribution in [0.1, 0.15) is 31.2 Å². The summed E-state index contributed by atoms with van der Waals surface area (Å²) in [5.41, 5.74) is 3.40. The van der Waals surface area contributed by atoms with E-state index in [-0.39, 0.29) is 5.41 Å². The summed E-state index contributed by atoms with van der Waals surface area (Å²) in [5.74, 6) is 0. The normalized spacial score (nSPS) is 14.1. The summed E-state index contributed by atoms with van der Waals surface area (Å²) in [6.45, 7) is 6.72. The van der Waals surface area contributed by atoms with Gasteiger partial charge in [0, 0.05) is 15.6 Å². The molecule has 0 saturated heterocycles. The van der Waals surface area contributed by atoms with Gasteiger partial charge in [0.1, 0.15) is 11.2 Å². The lowest BCUT2D eigenvalue weighted by Gasteiger charge is -2.25. The third kappa shape index (κ3) is 2.18. The van der Waals surface area contributed by atoms with Crippen molar-refractivity contribution < 1.29 is 4.42 Å². The predicted octanol–water partition coefficient (Wildman–Crippen LogP) is 6.07. The van der Waals surface area contributed by atoms with Crippen LogP contribution in [0.25, 0.3) is 21.9 Å². The molecule has 3 aromatic rings. The molecule has 2 aromatic carbocycles. The standard InChI is InChI=1S/C17H17BrO/c1-17(2,3)16(18)11-8-9-15-13(10-11)12-6-4-5-7-14(12)19-15/h4-10,16H,1-3H3. The molecule has 0 N–H and O–H groups in total. The second-order valence-corrected chi connectivity index (χ2v) is 7.00. The number of para-hydroxylation sites is 1. The molecule has 98 valence electrons. The van der Waals surface area contributed by atoms with E-state index in [2.05, 4.69) is 67.0 Å². The van der Waals surface area contributed by atoms with Crippen molar-refractivity contribution in [3.8, 4) is 0 Å². The molecule has 3 rings (SSSR count). The SMILES string of the molecule is CC(C)(C)C(Br)c1ccc2oc3ccccc3c2c1. The van der Waals surface area contributed by atoms with Crippen LogP contribution in [-0.4, -0.2) is 0 Å². The fraction of sp³-hybridized carbons (Fsp3) is 0.294. The Bertz CT molecular complexity index is 734. The van der Waals surface area contributed by atoms with Gasteiger partial charge in [-0.25, -0.2) is 0 Å². The van der Waals surface area contributed by atoms with Crippen molar-refractivity contribution in [1.82, 2.24) is 0 Å². The van der Waals surface area contributed by atoms with Crippen LogP contribution < -0.4 is 0 Å². The second kappa shape index (κ2) is 4.38. The Morgan fingerprint density at radius 3 is 2.37 bits per heavy atom. The molecule has 1 nitrogen and oxygen atoms in total. The van der Waals surface area contributed by atoms with Crippen molar-refractivity contribution in [1.29, 1.82) is 0 Å². The van der Waals surface area contributed by atoms with Gasteiger partial charge >= 0.3 is 0 Å². The van der Waals surface area contributed by atoms with Crippen molar-refractivity contribution in [2.45, 2.75) is 25.6 Å². The number of fused-ring (bicyclic) bond motifs is 3. The molecule has 0 aliphatic heterocycles.